The molecule has 9 nitrogen and oxygen atoms in total. The summed E-state index contributed by atoms with van der Waals surface area (Å²) in [6.07, 6.45) is 0. The smallest absolute Gasteiger partial charge is 0.291 e. The first kappa shape index (κ1) is 15.3. The highest BCUT2D eigenvalue weighted by Gasteiger charge is 2.26. The van der Waals surface area contributed by atoms with Gasteiger partial charge in [-0.1, -0.05) is 0 Å². The fourth-order valence-corrected chi connectivity index (χ4v) is 3.26. The van der Waals surface area contributed by atoms with Crippen LogP contribution in [-0.4, -0.2) is 18.3 Å². The molecular weight excluding hydrogens is 318 g/mol. The van der Waals surface area contributed by atoms with Crippen LogP contribution in [-0.2, 0) is 16.6 Å². The molecule has 2 rings (SSSR count). The van der Waals surface area contributed by atoms with Crippen molar-refractivity contribution in [3.05, 3.63) is 44.9 Å². The highest BCUT2D eigenvalue weighted by Crippen LogP contribution is 2.26. The van der Waals surface area contributed by atoms with Crippen LogP contribution >= 0.6 is 11.3 Å². The van der Waals surface area contributed by atoms with Crippen LogP contribution < -0.4 is 16.0 Å². The Labute approximate surface area is 124 Å². The number of rotatable bonds is 6. The SMILES string of the molecule is NNc1ccc(S(=O)(=O)NCc2cscn2)c([N+](=O)[O-])c1. The van der Waals surface area contributed by atoms with Crippen molar-refractivity contribution in [1.82, 2.24) is 9.71 Å². The minimum Gasteiger partial charge on any atom is -0.324 e. The van der Waals surface area contributed by atoms with Crippen molar-refractivity contribution in [1.29, 1.82) is 0 Å². The highest BCUT2D eigenvalue weighted by atomic mass is 32.2. The minimum absolute atomic E-state index is 0.0418. The lowest BCUT2D eigenvalue weighted by atomic mass is 10.3. The van der Waals surface area contributed by atoms with Crippen molar-refractivity contribution in [3.63, 3.8) is 0 Å². The van der Waals surface area contributed by atoms with Gasteiger partial charge in [0.25, 0.3) is 5.69 Å². The number of nitrogens with one attached hydrogen (secondary N) is 2. The van der Waals surface area contributed by atoms with E-state index in [1.54, 1.807) is 10.9 Å². The van der Waals surface area contributed by atoms with Crippen LogP contribution in [0.3, 0.4) is 0 Å². The van der Waals surface area contributed by atoms with Crippen LogP contribution in [0.25, 0.3) is 0 Å². The van der Waals surface area contributed by atoms with Gasteiger partial charge in [-0.15, -0.1) is 11.3 Å². The Morgan fingerprint density at radius 3 is 2.76 bits per heavy atom. The van der Waals surface area contributed by atoms with E-state index in [0.29, 0.717) is 5.69 Å². The van der Waals surface area contributed by atoms with Gasteiger partial charge in [-0.3, -0.25) is 16.0 Å². The first-order valence-corrected chi connectivity index (χ1v) is 7.98. The molecule has 112 valence electrons. The molecule has 1 aromatic heterocycles. The van der Waals surface area contributed by atoms with Gasteiger partial charge < -0.3 is 5.43 Å². The number of hydrogen-bond acceptors (Lipinski definition) is 8. The third-order valence-corrected chi connectivity index (χ3v) is 4.62. The van der Waals surface area contributed by atoms with E-state index in [1.807, 2.05) is 0 Å². The number of anilines is 1. The van der Waals surface area contributed by atoms with Gasteiger partial charge in [0.1, 0.15) is 0 Å². The van der Waals surface area contributed by atoms with E-state index < -0.39 is 25.5 Å². The molecule has 0 atom stereocenters. The lowest BCUT2D eigenvalue weighted by Gasteiger charge is -2.07. The van der Waals surface area contributed by atoms with Crippen molar-refractivity contribution in [2.75, 3.05) is 5.43 Å². The van der Waals surface area contributed by atoms with Crippen LogP contribution in [0.15, 0.2) is 34.0 Å². The Morgan fingerprint density at radius 1 is 1.43 bits per heavy atom. The normalized spacial score (nSPS) is 11.3. The predicted octanol–water partition coefficient (Wildman–Crippen LogP) is 0.815. The molecule has 1 aromatic carbocycles. The molecule has 21 heavy (non-hydrogen) atoms. The second-order valence-electron chi connectivity index (χ2n) is 3.89. The van der Waals surface area contributed by atoms with Crippen molar-refractivity contribution in [2.24, 2.45) is 5.84 Å². The molecule has 0 unspecified atom stereocenters. The number of nitrogens with two attached hydrogens (primary N) is 1. The van der Waals surface area contributed by atoms with E-state index in [0.717, 1.165) is 12.1 Å². The summed E-state index contributed by atoms with van der Waals surface area (Å²) in [6, 6.07) is 3.51. The minimum atomic E-state index is -4.03. The van der Waals surface area contributed by atoms with E-state index >= 15 is 0 Å². The topological polar surface area (TPSA) is 140 Å². The molecule has 4 N–H and O–H groups in total. The maximum Gasteiger partial charge on any atom is 0.291 e. The number of nitrogens with zero attached hydrogens (tertiary/aromatic N) is 2. The van der Waals surface area contributed by atoms with Crippen molar-refractivity contribution in [2.45, 2.75) is 11.4 Å². The third-order valence-electron chi connectivity index (χ3n) is 2.54. The second-order valence-corrected chi connectivity index (χ2v) is 6.34. The number of nitro benzene ring substituents is 1. The summed E-state index contributed by atoms with van der Waals surface area (Å²) in [7, 11) is -4.03. The summed E-state index contributed by atoms with van der Waals surface area (Å²) in [5.41, 5.74) is 4.00. The van der Waals surface area contributed by atoms with Crippen LogP contribution in [0, 0.1) is 10.1 Å². The zero-order valence-electron chi connectivity index (χ0n) is 10.5. The number of sulfonamides is 1. The van der Waals surface area contributed by atoms with Gasteiger partial charge in [0.15, 0.2) is 4.90 Å². The zero-order valence-corrected chi connectivity index (χ0v) is 12.1. The summed E-state index contributed by atoms with van der Waals surface area (Å²) in [5, 5.41) is 12.7. The van der Waals surface area contributed by atoms with Crippen molar-refractivity contribution >= 4 is 32.7 Å². The number of nitro groups is 1. The van der Waals surface area contributed by atoms with Crippen molar-refractivity contribution < 1.29 is 13.3 Å². The molecule has 2 aromatic rings. The summed E-state index contributed by atoms with van der Waals surface area (Å²) in [6.45, 7) is -0.0418. The standard InChI is InChI=1S/C10H11N5O4S2/c11-14-7-1-2-10(9(3-7)15(16)17)21(18,19)13-4-8-5-20-6-12-8/h1-3,5-6,13-14H,4,11H2. The van der Waals surface area contributed by atoms with Crippen LogP contribution in [0.4, 0.5) is 11.4 Å². The molecule has 1 heterocycles. The van der Waals surface area contributed by atoms with Gasteiger partial charge in [-0.2, -0.15) is 0 Å². The maximum atomic E-state index is 12.2. The predicted molar refractivity (Wildman–Crippen MR) is 77.0 cm³/mol. The molecule has 0 aliphatic heterocycles. The van der Waals surface area contributed by atoms with Gasteiger partial charge in [0.2, 0.25) is 10.0 Å². The second kappa shape index (κ2) is 6.13. The summed E-state index contributed by atoms with van der Waals surface area (Å²) in [4.78, 5) is 13.7. The third kappa shape index (κ3) is 3.52. The molecule has 0 aliphatic rings. The summed E-state index contributed by atoms with van der Waals surface area (Å²) < 4.78 is 26.6. The lowest BCUT2D eigenvalue weighted by Crippen LogP contribution is -2.24. The summed E-state index contributed by atoms with van der Waals surface area (Å²) >= 11 is 1.32. The molecule has 0 radical (unpaired) electrons. The Bertz CT molecular complexity index is 745. The highest BCUT2D eigenvalue weighted by molar-refractivity contribution is 7.89. The van der Waals surface area contributed by atoms with Gasteiger partial charge in [-0.25, -0.2) is 18.1 Å². The molecule has 0 aliphatic carbocycles. The maximum absolute atomic E-state index is 12.2. The van der Waals surface area contributed by atoms with Crippen LogP contribution in [0.5, 0.6) is 0 Å². The molecule has 0 saturated heterocycles. The fraction of sp³-hybridized carbons (Fsp3) is 0.100. The zero-order chi connectivity index (χ0) is 15.5. The van der Waals surface area contributed by atoms with E-state index in [2.05, 4.69) is 15.1 Å². The average molecular weight is 329 g/mol. The number of hydrogen-bond donors (Lipinski definition) is 3. The molecule has 0 fully saturated rings. The quantitative estimate of drug-likeness (QED) is 0.404. The van der Waals surface area contributed by atoms with Gasteiger partial charge in [-0.05, 0) is 12.1 Å². The number of aromatic nitrogens is 1. The molecule has 0 spiro atoms. The number of thiazole rings is 1. The number of hydrazine groups is 1. The average Bonchev–Trinajstić information content (AvgIpc) is 2.98. The molecule has 0 amide bonds. The summed E-state index contributed by atoms with van der Waals surface area (Å²) in [5.74, 6) is 5.16. The van der Waals surface area contributed by atoms with Gasteiger partial charge >= 0.3 is 0 Å². The van der Waals surface area contributed by atoms with E-state index in [-0.39, 0.29) is 12.2 Å². The van der Waals surface area contributed by atoms with Crippen molar-refractivity contribution in [3.8, 4) is 0 Å². The van der Waals surface area contributed by atoms with Gasteiger partial charge in [0, 0.05) is 11.4 Å². The lowest BCUT2D eigenvalue weighted by molar-refractivity contribution is -0.387. The van der Waals surface area contributed by atoms with E-state index in [9.17, 15) is 18.5 Å². The molecular formula is C10H11N5O4S2. The van der Waals surface area contributed by atoms with E-state index in [4.69, 9.17) is 5.84 Å². The largest absolute Gasteiger partial charge is 0.324 e. The molecule has 11 heteroatoms. The first-order chi connectivity index (χ1) is 9.94. The molecule has 0 bridgehead atoms. The Hall–Kier alpha value is -2.08. The monoisotopic (exact) mass is 329 g/mol. The fourth-order valence-electron chi connectivity index (χ4n) is 1.55. The molecule has 0 saturated carbocycles. The Morgan fingerprint density at radius 2 is 2.19 bits per heavy atom. The first-order valence-electron chi connectivity index (χ1n) is 5.56. The van der Waals surface area contributed by atoms with Gasteiger partial charge in [0.05, 0.1) is 28.4 Å². The van der Waals surface area contributed by atoms with Crippen LogP contribution in [0.2, 0.25) is 0 Å². The Balaban J connectivity index is 2.32. The van der Waals surface area contributed by atoms with Crippen LogP contribution in [0.1, 0.15) is 5.69 Å². The van der Waals surface area contributed by atoms with E-state index in [1.165, 1.54) is 17.4 Å². The number of benzene rings is 1. The number of nitrogen functional groups attached to an aromatic ring is 1. The Kier molecular flexibility index (Phi) is 4.47.